The molecule has 0 radical (unpaired) electrons. The number of aryl methyl sites for hydroxylation is 1. The number of carbonyl (C=O) groups excluding carboxylic acids is 2. The average Bonchev–Trinajstić information content (AvgIpc) is 3.56. The SMILES string of the molecule is O=C1CN(c2nc3ccccc3n2C(=O)NCCCc2ccccc2)CCN1C1CC1. The summed E-state index contributed by atoms with van der Waals surface area (Å²) in [5.74, 6) is 0.668. The monoisotopic (exact) mass is 417 g/mol. The first-order valence-corrected chi connectivity index (χ1v) is 11.0. The van der Waals surface area contributed by atoms with Gasteiger partial charge in [-0.25, -0.2) is 14.3 Å². The van der Waals surface area contributed by atoms with Crippen LogP contribution in [0.3, 0.4) is 0 Å². The van der Waals surface area contributed by atoms with E-state index in [9.17, 15) is 9.59 Å². The Morgan fingerprint density at radius 1 is 1.03 bits per heavy atom. The number of piperazine rings is 1. The van der Waals surface area contributed by atoms with Crippen molar-refractivity contribution in [2.24, 2.45) is 0 Å². The average molecular weight is 418 g/mol. The van der Waals surface area contributed by atoms with Crippen LogP contribution in [0, 0.1) is 0 Å². The molecule has 1 aliphatic carbocycles. The number of aromatic nitrogens is 2. The lowest BCUT2D eigenvalue weighted by Gasteiger charge is -2.35. The number of carbonyl (C=O) groups is 2. The van der Waals surface area contributed by atoms with Crippen LogP contribution in [0.1, 0.15) is 24.8 Å². The molecule has 1 aromatic heterocycles. The second kappa shape index (κ2) is 8.41. The number of anilines is 1. The van der Waals surface area contributed by atoms with E-state index < -0.39 is 0 Å². The van der Waals surface area contributed by atoms with E-state index in [1.807, 2.05) is 52.3 Å². The maximum atomic E-state index is 13.1. The van der Waals surface area contributed by atoms with Gasteiger partial charge in [-0.1, -0.05) is 42.5 Å². The van der Waals surface area contributed by atoms with Crippen LogP contribution in [0.5, 0.6) is 0 Å². The number of hydrogen-bond acceptors (Lipinski definition) is 4. The number of benzene rings is 2. The van der Waals surface area contributed by atoms with Gasteiger partial charge in [0.25, 0.3) is 0 Å². The van der Waals surface area contributed by atoms with Crippen molar-refractivity contribution in [1.29, 1.82) is 0 Å². The molecular weight excluding hydrogens is 390 g/mol. The van der Waals surface area contributed by atoms with E-state index in [1.165, 1.54) is 5.56 Å². The second-order valence-corrected chi connectivity index (χ2v) is 8.30. The molecule has 1 N–H and O–H groups in total. The summed E-state index contributed by atoms with van der Waals surface area (Å²) in [7, 11) is 0. The van der Waals surface area contributed by atoms with E-state index in [1.54, 1.807) is 4.57 Å². The van der Waals surface area contributed by atoms with Gasteiger partial charge in [-0.3, -0.25) is 4.79 Å². The van der Waals surface area contributed by atoms with Gasteiger partial charge < -0.3 is 15.1 Å². The van der Waals surface area contributed by atoms with Crippen molar-refractivity contribution in [3.63, 3.8) is 0 Å². The number of para-hydroxylation sites is 2. The predicted octanol–water partition coefficient (Wildman–Crippen LogP) is 3.04. The topological polar surface area (TPSA) is 70.5 Å². The van der Waals surface area contributed by atoms with Gasteiger partial charge in [-0.05, 0) is 43.4 Å². The van der Waals surface area contributed by atoms with Crippen LogP contribution in [-0.2, 0) is 11.2 Å². The number of imidazole rings is 1. The Hall–Kier alpha value is -3.35. The van der Waals surface area contributed by atoms with Crippen molar-refractivity contribution in [3.8, 4) is 0 Å². The molecule has 0 bridgehead atoms. The van der Waals surface area contributed by atoms with Crippen LogP contribution >= 0.6 is 0 Å². The minimum Gasteiger partial charge on any atom is -0.337 e. The predicted molar refractivity (Wildman–Crippen MR) is 120 cm³/mol. The minimum absolute atomic E-state index is 0.121. The molecule has 2 amide bonds. The fourth-order valence-corrected chi connectivity index (χ4v) is 4.27. The number of nitrogens with zero attached hydrogens (tertiary/aromatic N) is 4. The summed E-state index contributed by atoms with van der Waals surface area (Å²) in [4.78, 5) is 34.4. The van der Waals surface area contributed by atoms with E-state index in [2.05, 4.69) is 17.4 Å². The van der Waals surface area contributed by atoms with Crippen LogP contribution in [-0.4, -0.2) is 58.6 Å². The van der Waals surface area contributed by atoms with E-state index in [0.717, 1.165) is 36.7 Å². The molecule has 31 heavy (non-hydrogen) atoms. The van der Waals surface area contributed by atoms with Gasteiger partial charge in [-0.2, -0.15) is 0 Å². The number of nitrogens with one attached hydrogen (secondary N) is 1. The van der Waals surface area contributed by atoms with Crippen molar-refractivity contribution < 1.29 is 9.59 Å². The summed E-state index contributed by atoms with van der Waals surface area (Å²) in [6.07, 6.45) is 3.98. The van der Waals surface area contributed by atoms with Gasteiger partial charge in [0, 0.05) is 25.7 Å². The third-order valence-corrected chi connectivity index (χ3v) is 6.04. The van der Waals surface area contributed by atoms with E-state index in [0.29, 0.717) is 31.6 Å². The third-order valence-electron chi connectivity index (χ3n) is 6.04. The first-order valence-electron chi connectivity index (χ1n) is 11.0. The zero-order chi connectivity index (χ0) is 21.2. The Morgan fingerprint density at radius 2 is 1.81 bits per heavy atom. The molecule has 2 aromatic carbocycles. The molecule has 0 unspecified atom stereocenters. The Labute approximate surface area is 181 Å². The van der Waals surface area contributed by atoms with Gasteiger partial charge >= 0.3 is 6.03 Å². The van der Waals surface area contributed by atoms with Gasteiger partial charge in [0.1, 0.15) is 0 Å². The van der Waals surface area contributed by atoms with Crippen molar-refractivity contribution in [1.82, 2.24) is 19.8 Å². The highest BCUT2D eigenvalue weighted by molar-refractivity contribution is 5.94. The Morgan fingerprint density at radius 3 is 2.58 bits per heavy atom. The van der Waals surface area contributed by atoms with Crippen LogP contribution in [0.25, 0.3) is 11.0 Å². The third kappa shape index (κ3) is 4.13. The molecule has 7 nitrogen and oxygen atoms in total. The summed E-state index contributed by atoms with van der Waals surface area (Å²) < 4.78 is 1.62. The Kier molecular flexibility index (Phi) is 5.32. The summed E-state index contributed by atoms with van der Waals surface area (Å²) in [5, 5.41) is 3.04. The lowest BCUT2D eigenvalue weighted by Crippen LogP contribution is -2.52. The maximum Gasteiger partial charge on any atom is 0.328 e. The molecule has 1 saturated carbocycles. The number of rotatable bonds is 6. The molecular formula is C24H27N5O2. The fraction of sp³-hybridized carbons (Fsp3) is 0.375. The quantitative estimate of drug-likeness (QED) is 0.626. The van der Waals surface area contributed by atoms with E-state index in [4.69, 9.17) is 4.98 Å². The zero-order valence-corrected chi connectivity index (χ0v) is 17.5. The molecule has 2 fully saturated rings. The lowest BCUT2D eigenvalue weighted by molar-refractivity contribution is -0.131. The van der Waals surface area contributed by atoms with Crippen molar-refractivity contribution in [3.05, 3.63) is 60.2 Å². The fourth-order valence-electron chi connectivity index (χ4n) is 4.27. The molecule has 0 spiro atoms. The standard InChI is InChI=1S/C24H27N5O2/c30-22-17-27(15-16-28(22)19-12-13-19)23-26-20-10-4-5-11-21(20)29(23)24(31)25-14-6-9-18-7-2-1-3-8-18/h1-5,7-8,10-11,19H,6,9,12-17H2,(H,25,31). The summed E-state index contributed by atoms with van der Waals surface area (Å²) in [5.41, 5.74) is 2.78. The number of hydrogen-bond donors (Lipinski definition) is 1. The van der Waals surface area contributed by atoms with Crippen LogP contribution in [0.2, 0.25) is 0 Å². The van der Waals surface area contributed by atoms with Crippen molar-refractivity contribution >= 4 is 28.9 Å². The van der Waals surface area contributed by atoms with Crippen LogP contribution in [0.15, 0.2) is 54.6 Å². The molecule has 2 heterocycles. The highest BCUT2D eigenvalue weighted by atomic mass is 16.2. The van der Waals surface area contributed by atoms with Crippen LogP contribution in [0.4, 0.5) is 10.7 Å². The summed E-state index contributed by atoms with van der Waals surface area (Å²) in [6.45, 7) is 2.22. The van der Waals surface area contributed by atoms with E-state index in [-0.39, 0.29) is 18.5 Å². The molecule has 5 rings (SSSR count). The molecule has 160 valence electrons. The summed E-state index contributed by atoms with van der Waals surface area (Å²) >= 11 is 0. The minimum atomic E-state index is -0.200. The Bertz CT molecular complexity index is 1090. The second-order valence-electron chi connectivity index (χ2n) is 8.30. The smallest absolute Gasteiger partial charge is 0.328 e. The van der Waals surface area contributed by atoms with Gasteiger partial charge in [-0.15, -0.1) is 0 Å². The molecule has 1 saturated heterocycles. The zero-order valence-electron chi connectivity index (χ0n) is 17.5. The van der Waals surface area contributed by atoms with Gasteiger partial charge in [0.2, 0.25) is 11.9 Å². The molecule has 7 heteroatoms. The normalized spacial score (nSPS) is 16.7. The van der Waals surface area contributed by atoms with Gasteiger partial charge in [0.05, 0.1) is 17.6 Å². The molecule has 3 aromatic rings. The number of amides is 2. The molecule has 2 aliphatic rings. The van der Waals surface area contributed by atoms with Crippen LogP contribution < -0.4 is 10.2 Å². The molecule has 0 atom stereocenters. The van der Waals surface area contributed by atoms with Gasteiger partial charge in [0.15, 0.2) is 0 Å². The largest absolute Gasteiger partial charge is 0.337 e. The van der Waals surface area contributed by atoms with Crippen molar-refractivity contribution in [2.75, 3.05) is 31.1 Å². The molecule has 1 aliphatic heterocycles. The highest BCUT2D eigenvalue weighted by Gasteiger charge is 2.37. The first-order chi connectivity index (χ1) is 15.2. The summed E-state index contributed by atoms with van der Waals surface area (Å²) in [6, 6.07) is 18.1. The Balaban J connectivity index is 1.31. The maximum absolute atomic E-state index is 13.1. The first kappa shape index (κ1) is 19.6. The van der Waals surface area contributed by atoms with E-state index >= 15 is 0 Å². The highest BCUT2D eigenvalue weighted by Crippen LogP contribution is 2.30. The number of fused-ring (bicyclic) bond motifs is 1. The lowest BCUT2D eigenvalue weighted by atomic mass is 10.1. The van der Waals surface area contributed by atoms with Crippen molar-refractivity contribution in [2.45, 2.75) is 31.7 Å².